The molecule has 0 saturated carbocycles. The molecule has 5 nitrogen and oxygen atoms in total. The van der Waals surface area contributed by atoms with E-state index in [1.165, 1.54) is 24.3 Å². The van der Waals surface area contributed by atoms with Crippen LogP contribution in [-0.4, -0.2) is 17.1 Å². The molecule has 1 amide bonds. The topological polar surface area (TPSA) is 60.3 Å². The summed E-state index contributed by atoms with van der Waals surface area (Å²) in [5, 5.41) is 3.62. The van der Waals surface area contributed by atoms with Gasteiger partial charge in [-0.3, -0.25) is 9.59 Å². The zero-order chi connectivity index (χ0) is 24.9. The van der Waals surface area contributed by atoms with E-state index in [9.17, 15) is 18.4 Å². The minimum Gasteiger partial charge on any atom is -0.484 e. The lowest BCUT2D eigenvalue weighted by Crippen LogP contribution is -2.28. The summed E-state index contributed by atoms with van der Waals surface area (Å²) in [4.78, 5) is 25.3. The molecule has 0 spiro atoms. The smallest absolute Gasteiger partial charge is 0.258 e. The third-order valence-corrected chi connectivity index (χ3v) is 5.74. The van der Waals surface area contributed by atoms with Crippen molar-refractivity contribution in [1.82, 2.24) is 9.88 Å². The molecule has 4 aromatic rings. The van der Waals surface area contributed by atoms with E-state index >= 15 is 0 Å². The van der Waals surface area contributed by atoms with E-state index in [1.54, 1.807) is 47.0 Å². The SMILES string of the molecule is CC(C)c1cc(=O)n(Cc2cccc(F)c2)c2cc(OCC(=O)NCc3ccc(F)cc3)ccc12. The highest BCUT2D eigenvalue weighted by molar-refractivity contribution is 5.85. The molecule has 1 heterocycles. The molecule has 1 aromatic heterocycles. The Hall–Kier alpha value is -4.00. The molecule has 0 saturated heterocycles. The largest absolute Gasteiger partial charge is 0.484 e. The number of fused-ring (bicyclic) bond motifs is 1. The number of aromatic nitrogens is 1. The number of ether oxygens (including phenoxy) is 1. The Morgan fingerprint density at radius 2 is 1.71 bits per heavy atom. The first-order chi connectivity index (χ1) is 16.8. The maximum absolute atomic E-state index is 13.7. The summed E-state index contributed by atoms with van der Waals surface area (Å²) in [6.07, 6.45) is 0. The maximum atomic E-state index is 13.7. The van der Waals surface area contributed by atoms with Crippen LogP contribution < -0.4 is 15.6 Å². The zero-order valence-corrected chi connectivity index (χ0v) is 19.6. The number of hydrogen-bond acceptors (Lipinski definition) is 3. The predicted octanol–water partition coefficient (Wildman–Crippen LogP) is 5.15. The molecule has 0 unspecified atom stereocenters. The van der Waals surface area contributed by atoms with Crippen molar-refractivity contribution >= 4 is 16.8 Å². The second-order valence-corrected chi connectivity index (χ2v) is 8.68. The van der Waals surface area contributed by atoms with Crippen LogP contribution in [0, 0.1) is 11.6 Å². The summed E-state index contributed by atoms with van der Waals surface area (Å²) < 4.78 is 34.0. The molecular weight excluding hydrogens is 450 g/mol. The Kier molecular flexibility index (Phi) is 7.25. The lowest BCUT2D eigenvalue weighted by molar-refractivity contribution is -0.123. The van der Waals surface area contributed by atoms with Crippen LogP contribution in [0.4, 0.5) is 8.78 Å². The lowest BCUT2D eigenvalue weighted by Gasteiger charge is -2.17. The molecule has 0 radical (unpaired) electrons. The Morgan fingerprint density at radius 3 is 2.43 bits per heavy atom. The van der Waals surface area contributed by atoms with Crippen molar-refractivity contribution in [1.29, 1.82) is 0 Å². The second-order valence-electron chi connectivity index (χ2n) is 8.68. The molecule has 180 valence electrons. The van der Waals surface area contributed by atoms with Gasteiger partial charge in [-0.2, -0.15) is 0 Å². The van der Waals surface area contributed by atoms with E-state index in [1.807, 2.05) is 19.9 Å². The fourth-order valence-electron chi connectivity index (χ4n) is 3.94. The van der Waals surface area contributed by atoms with Gasteiger partial charge in [-0.05, 0) is 59.0 Å². The molecule has 0 aliphatic rings. The summed E-state index contributed by atoms with van der Waals surface area (Å²) in [5.74, 6) is -0.478. The molecule has 7 heteroatoms. The van der Waals surface area contributed by atoms with Crippen molar-refractivity contribution in [3.05, 3.63) is 111 Å². The summed E-state index contributed by atoms with van der Waals surface area (Å²) in [7, 11) is 0. The summed E-state index contributed by atoms with van der Waals surface area (Å²) in [5.41, 5.74) is 2.80. The average Bonchev–Trinajstić information content (AvgIpc) is 2.83. The average molecular weight is 477 g/mol. The highest BCUT2D eigenvalue weighted by Crippen LogP contribution is 2.27. The van der Waals surface area contributed by atoms with E-state index in [0.717, 1.165) is 16.5 Å². The number of amides is 1. The van der Waals surface area contributed by atoms with Crippen LogP contribution >= 0.6 is 0 Å². The van der Waals surface area contributed by atoms with Crippen molar-refractivity contribution in [2.24, 2.45) is 0 Å². The zero-order valence-electron chi connectivity index (χ0n) is 19.6. The summed E-state index contributed by atoms with van der Waals surface area (Å²) in [6.45, 7) is 4.27. The molecule has 0 fully saturated rings. The highest BCUT2D eigenvalue weighted by Gasteiger charge is 2.14. The first-order valence-electron chi connectivity index (χ1n) is 11.4. The van der Waals surface area contributed by atoms with Gasteiger partial charge in [0.05, 0.1) is 12.1 Å². The van der Waals surface area contributed by atoms with Crippen LogP contribution in [0.15, 0.2) is 77.6 Å². The van der Waals surface area contributed by atoms with Crippen LogP contribution in [0.2, 0.25) is 0 Å². The molecule has 0 bridgehead atoms. The number of pyridine rings is 1. The van der Waals surface area contributed by atoms with Crippen LogP contribution in [0.25, 0.3) is 10.9 Å². The van der Waals surface area contributed by atoms with Crippen molar-refractivity contribution < 1.29 is 18.3 Å². The van der Waals surface area contributed by atoms with Gasteiger partial charge in [0.15, 0.2) is 6.61 Å². The number of nitrogens with one attached hydrogen (secondary N) is 1. The normalized spacial score (nSPS) is 11.1. The van der Waals surface area contributed by atoms with E-state index in [-0.39, 0.29) is 48.7 Å². The third kappa shape index (κ3) is 5.93. The summed E-state index contributed by atoms with van der Waals surface area (Å²) >= 11 is 0. The van der Waals surface area contributed by atoms with Gasteiger partial charge in [0.25, 0.3) is 11.5 Å². The molecule has 35 heavy (non-hydrogen) atoms. The molecular formula is C28H26F2N2O3. The number of halogens is 2. The van der Waals surface area contributed by atoms with Crippen LogP contribution in [-0.2, 0) is 17.9 Å². The van der Waals surface area contributed by atoms with Gasteiger partial charge in [0, 0.05) is 24.1 Å². The molecule has 4 rings (SSSR count). The summed E-state index contributed by atoms with van der Waals surface area (Å²) in [6, 6.07) is 19.0. The monoisotopic (exact) mass is 476 g/mol. The Morgan fingerprint density at radius 1 is 0.943 bits per heavy atom. The van der Waals surface area contributed by atoms with E-state index in [2.05, 4.69) is 5.32 Å². The quantitative estimate of drug-likeness (QED) is 0.383. The predicted molar refractivity (Wildman–Crippen MR) is 132 cm³/mol. The molecule has 3 aromatic carbocycles. The Bertz CT molecular complexity index is 1410. The van der Waals surface area contributed by atoms with Gasteiger partial charge >= 0.3 is 0 Å². The van der Waals surface area contributed by atoms with Gasteiger partial charge < -0.3 is 14.6 Å². The first kappa shape index (κ1) is 24.1. The first-order valence-corrected chi connectivity index (χ1v) is 11.4. The molecule has 1 N–H and O–H groups in total. The van der Waals surface area contributed by atoms with Crippen molar-refractivity contribution in [2.75, 3.05) is 6.61 Å². The fourth-order valence-corrected chi connectivity index (χ4v) is 3.94. The van der Waals surface area contributed by atoms with Gasteiger partial charge in [-0.15, -0.1) is 0 Å². The van der Waals surface area contributed by atoms with Gasteiger partial charge in [0.1, 0.15) is 17.4 Å². The standard InChI is InChI=1S/C28H26F2N2O3/c1-18(2)25-14-28(34)32(16-20-4-3-5-22(30)12-20)26-13-23(10-11-24(25)26)35-17-27(33)31-15-19-6-8-21(29)9-7-19/h3-14,18H,15-17H2,1-2H3,(H,31,33). The highest BCUT2D eigenvalue weighted by atomic mass is 19.1. The number of benzene rings is 3. The van der Waals surface area contributed by atoms with Crippen molar-refractivity contribution in [3.8, 4) is 5.75 Å². The van der Waals surface area contributed by atoms with Crippen LogP contribution in [0.1, 0.15) is 36.5 Å². The lowest BCUT2D eigenvalue weighted by atomic mass is 9.98. The number of carbonyl (C=O) groups excluding carboxylic acids is 1. The minimum atomic E-state index is -0.366. The Balaban J connectivity index is 1.56. The van der Waals surface area contributed by atoms with Crippen LogP contribution in [0.3, 0.4) is 0 Å². The minimum absolute atomic E-state index is 0.123. The van der Waals surface area contributed by atoms with Crippen molar-refractivity contribution in [3.63, 3.8) is 0 Å². The maximum Gasteiger partial charge on any atom is 0.258 e. The van der Waals surface area contributed by atoms with E-state index in [0.29, 0.717) is 16.8 Å². The molecule has 0 aliphatic heterocycles. The van der Waals surface area contributed by atoms with Crippen LogP contribution in [0.5, 0.6) is 5.75 Å². The van der Waals surface area contributed by atoms with E-state index in [4.69, 9.17) is 4.74 Å². The van der Waals surface area contributed by atoms with Crippen molar-refractivity contribution in [2.45, 2.75) is 32.9 Å². The Labute approximate surface area is 202 Å². The third-order valence-electron chi connectivity index (χ3n) is 5.74. The second kappa shape index (κ2) is 10.5. The van der Waals surface area contributed by atoms with Gasteiger partial charge in [0.2, 0.25) is 0 Å². The van der Waals surface area contributed by atoms with Gasteiger partial charge in [-0.25, -0.2) is 8.78 Å². The number of hydrogen-bond donors (Lipinski definition) is 1. The molecule has 0 aliphatic carbocycles. The fraction of sp³-hybridized carbons (Fsp3) is 0.214. The number of carbonyl (C=O) groups is 1. The number of rotatable bonds is 8. The molecule has 0 atom stereocenters. The van der Waals surface area contributed by atoms with E-state index < -0.39 is 0 Å². The number of nitrogens with zero attached hydrogens (tertiary/aromatic N) is 1. The van der Waals surface area contributed by atoms with Gasteiger partial charge in [-0.1, -0.05) is 38.1 Å².